The van der Waals surface area contributed by atoms with Gasteiger partial charge in [-0.2, -0.15) is 0 Å². The Kier molecular flexibility index (Phi) is 4.03. The molecular weight excluding hydrogens is 378 g/mol. The molecule has 0 atom stereocenters. The van der Waals surface area contributed by atoms with Crippen LogP contribution in [-0.4, -0.2) is 0 Å². The molecule has 148 valence electrons. The van der Waals surface area contributed by atoms with Crippen molar-refractivity contribution in [1.82, 2.24) is 0 Å². The molecule has 0 amide bonds. The van der Waals surface area contributed by atoms with E-state index in [2.05, 4.69) is 109 Å². The molecule has 31 heavy (non-hydrogen) atoms. The van der Waals surface area contributed by atoms with Gasteiger partial charge in [0.05, 0.1) is 11.4 Å². The van der Waals surface area contributed by atoms with Crippen molar-refractivity contribution >= 4 is 40.4 Å². The molecule has 6 rings (SSSR count). The minimum Gasteiger partial charge on any atom is -0.439 e. The van der Waals surface area contributed by atoms with Gasteiger partial charge in [-0.1, -0.05) is 84.4 Å². The first-order chi connectivity index (χ1) is 15.3. The Morgan fingerprint density at radius 3 is 2.35 bits per heavy atom. The van der Waals surface area contributed by atoms with Gasteiger partial charge in [0.2, 0.25) is 5.88 Å². The molecule has 5 aromatic rings. The summed E-state index contributed by atoms with van der Waals surface area (Å²) in [5.74, 6) is 0.850. The third-order valence-corrected chi connectivity index (χ3v) is 5.90. The van der Waals surface area contributed by atoms with Gasteiger partial charge in [-0.05, 0) is 48.4 Å². The fourth-order valence-electron chi connectivity index (χ4n) is 4.43. The first kappa shape index (κ1) is 17.8. The lowest BCUT2D eigenvalue weighted by atomic mass is 9.99. The van der Waals surface area contributed by atoms with Gasteiger partial charge in [-0.25, -0.2) is 0 Å². The Morgan fingerprint density at radius 1 is 0.677 bits per heavy atom. The molecule has 1 aromatic heterocycles. The molecule has 0 fully saturated rings. The topological polar surface area (TPSA) is 16.4 Å². The van der Waals surface area contributed by atoms with Crippen LogP contribution in [0.3, 0.4) is 0 Å². The second-order valence-corrected chi connectivity index (χ2v) is 7.93. The average Bonchev–Trinajstić information content (AvgIpc) is 3.10. The van der Waals surface area contributed by atoms with E-state index in [-0.39, 0.29) is 0 Å². The molecule has 1 aliphatic heterocycles. The minimum atomic E-state index is 0.850. The summed E-state index contributed by atoms with van der Waals surface area (Å²) in [4.78, 5) is 2.27. The maximum absolute atomic E-state index is 6.49. The van der Waals surface area contributed by atoms with E-state index in [1.165, 1.54) is 16.7 Å². The number of nitrogens with zero attached hydrogens (tertiary/aromatic N) is 1. The minimum absolute atomic E-state index is 0.850. The lowest BCUT2D eigenvalue weighted by Gasteiger charge is -2.26. The Labute approximate surface area is 181 Å². The van der Waals surface area contributed by atoms with Crippen molar-refractivity contribution in [3.8, 4) is 11.1 Å². The highest BCUT2D eigenvalue weighted by Crippen LogP contribution is 2.48. The lowest BCUT2D eigenvalue weighted by Crippen LogP contribution is -2.12. The molecule has 1 aliphatic rings. The molecule has 4 aromatic carbocycles. The normalized spacial score (nSPS) is 12.5. The number of rotatable bonds is 2. The van der Waals surface area contributed by atoms with Crippen LogP contribution in [-0.2, 0) is 0 Å². The SMILES string of the molecule is Cc1ccc(N2c3ccccc3C=Cc3c2oc2ccccc32)c(-c2ccccc2)c1. The molecule has 0 saturated heterocycles. The number of hydrogen-bond donors (Lipinski definition) is 0. The van der Waals surface area contributed by atoms with E-state index in [0.29, 0.717) is 0 Å². The van der Waals surface area contributed by atoms with Crippen molar-refractivity contribution in [3.05, 3.63) is 114 Å². The van der Waals surface area contributed by atoms with Gasteiger partial charge in [0, 0.05) is 16.5 Å². The van der Waals surface area contributed by atoms with Gasteiger partial charge in [-0.3, -0.25) is 4.90 Å². The summed E-state index contributed by atoms with van der Waals surface area (Å²) in [6.07, 6.45) is 4.36. The number of anilines is 3. The van der Waals surface area contributed by atoms with Crippen LogP contribution in [0.1, 0.15) is 16.7 Å². The molecule has 0 radical (unpaired) electrons. The molecule has 0 unspecified atom stereocenters. The molecule has 0 bridgehead atoms. The third kappa shape index (κ3) is 2.88. The first-order valence-electron chi connectivity index (χ1n) is 10.5. The zero-order valence-corrected chi connectivity index (χ0v) is 17.2. The summed E-state index contributed by atoms with van der Waals surface area (Å²) < 4.78 is 6.49. The molecular formula is C29H21NO. The fourth-order valence-corrected chi connectivity index (χ4v) is 4.43. The van der Waals surface area contributed by atoms with E-state index in [1.54, 1.807) is 0 Å². The lowest BCUT2D eigenvalue weighted by molar-refractivity contribution is 0.620. The third-order valence-electron chi connectivity index (χ3n) is 5.90. The highest BCUT2D eigenvalue weighted by atomic mass is 16.4. The monoisotopic (exact) mass is 399 g/mol. The Bertz CT molecular complexity index is 1440. The van der Waals surface area contributed by atoms with Crippen molar-refractivity contribution < 1.29 is 4.42 Å². The van der Waals surface area contributed by atoms with Crippen LogP contribution in [0.15, 0.2) is 101 Å². The summed E-state index contributed by atoms with van der Waals surface area (Å²) in [6.45, 7) is 2.14. The van der Waals surface area contributed by atoms with Crippen LogP contribution in [0, 0.1) is 6.92 Å². The van der Waals surface area contributed by atoms with Gasteiger partial charge in [-0.15, -0.1) is 0 Å². The highest BCUT2D eigenvalue weighted by molar-refractivity contribution is 6.03. The highest BCUT2D eigenvalue weighted by Gasteiger charge is 2.27. The molecule has 2 heteroatoms. The standard InChI is InChI=1S/C29H21NO/c1-20-15-18-27(25(19-20)21-9-3-2-4-10-21)30-26-13-7-5-11-22(26)16-17-24-23-12-6-8-14-28(23)31-29(24)30/h2-19H,1H3. The van der Waals surface area contributed by atoms with E-state index in [4.69, 9.17) is 4.42 Å². The number of para-hydroxylation sites is 2. The van der Waals surface area contributed by atoms with Crippen molar-refractivity contribution in [2.24, 2.45) is 0 Å². The van der Waals surface area contributed by atoms with Gasteiger partial charge in [0.15, 0.2) is 0 Å². The number of hydrogen-bond acceptors (Lipinski definition) is 2. The maximum Gasteiger partial charge on any atom is 0.213 e. The van der Waals surface area contributed by atoms with Gasteiger partial charge >= 0.3 is 0 Å². The quantitative estimate of drug-likeness (QED) is 0.291. The molecule has 0 aliphatic carbocycles. The second kappa shape index (κ2) is 7.03. The number of aryl methyl sites for hydroxylation is 1. The number of fused-ring (bicyclic) bond motifs is 4. The summed E-state index contributed by atoms with van der Waals surface area (Å²) in [6, 6.07) is 33.9. The molecule has 2 heterocycles. The van der Waals surface area contributed by atoms with E-state index >= 15 is 0 Å². The second-order valence-electron chi connectivity index (χ2n) is 7.93. The van der Waals surface area contributed by atoms with Crippen molar-refractivity contribution in [3.63, 3.8) is 0 Å². The predicted octanol–water partition coefficient (Wildman–Crippen LogP) is 8.36. The van der Waals surface area contributed by atoms with Crippen LogP contribution >= 0.6 is 0 Å². The van der Waals surface area contributed by atoms with Crippen LogP contribution < -0.4 is 4.90 Å². The van der Waals surface area contributed by atoms with E-state index in [1.807, 2.05) is 12.1 Å². The molecule has 0 N–H and O–H groups in total. The fraction of sp³-hybridized carbons (Fsp3) is 0.0345. The smallest absolute Gasteiger partial charge is 0.213 e. The van der Waals surface area contributed by atoms with Crippen molar-refractivity contribution in [2.45, 2.75) is 6.92 Å². The Morgan fingerprint density at radius 2 is 1.45 bits per heavy atom. The number of benzene rings is 4. The summed E-state index contributed by atoms with van der Waals surface area (Å²) in [5, 5.41) is 1.12. The molecule has 2 nitrogen and oxygen atoms in total. The van der Waals surface area contributed by atoms with E-state index in [9.17, 15) is 0 Å². The van der Waals surface area contributed by atoms with E-state index in [0.717, 1.165) is 39.4 Å². The predicted molar refractivity (Wildman–Crippen MR) is 130 cm³/mol. The molecule has 0 saturated carbocycles. The van der Waals surface area contributed by atoms with Gasteiger partial charge < -0.3 is 4.42 Å². The largest absolute Gasteiger partial charge is 0.439 e. The summed E-state index contributed by atoms with van der Waals surface area (Å²) >= 11 is 0. The van der Waals surface area contributed by atoms with Crippen LogP contribution in [0.25, 0.3) is 34.2 Å². The zero-order chi connectivity index (χ0) is 20.8. The van der Waals surface area contributed by atoms with Crippen molar-refractivity contribution in [1.29, 1.82) is 0 Å². The summed E-state index contributed by atoms with van der Waals surface area (Å²) in [7, 11) is 0. The summed E-state index contributed by atoms with van der Waals surface area (Å²) in [5.41, 5.74) is 8.98. The van der Waals surface area contributed by atoms with Crippen LogP contribution in [0.4, 0.5) is 17.3 Å². The Balaban J connectivity index is 1.69. The Hall–Kier alpha value is -4.04. The number of furan rings is 1. The van der Waals surface area contributed by atoms with Gasteiger partial charge in [0.25, 0.3) is 0 Å². The maximum atomic E-state index is 6.49. The average molecular weight is 399 g/mol. The van der Waals surface area contributed by atoms with Crippen molar-refractivity contribution in [2.75, 3.05) is 4.90 Å². The first-order valence-corrected chi connectivity index (χ1v) is 10.5. The van der Waals surface area contributed by atoms with E-state index < -0.39 is 0 Å². The van der Waals surface area contributed by atoms with Gasteiger partial charge in [0.1, 0.15) is 5.58 Å². The molecule has 0 spiro atoms. The zero-order valence-electron chi connectivity index (χ0n) is 17.2. The van der Waals surface area contributed by atoms with Crippen LogP contribution in [0.2, 0.25) is 0 Å². The van der Waals surface area contributed by atoms with Crippen LogP contribution in [0.5, 0.6) is 0 Å².